The average Bonchev–Trinajstić information content (AvgIpc) is 3.33. The maximum atomic E-state index is 12.5. The number of ether oxygens (including phenoxy) is 2. The van der Waals surface area contributed by atoms with Gasteiger partial charge in [0.1, 0.15) is 0 Å². The van der Waals surface area contributed by atoms with Crippen LogP contribution in [0.2, 0.25) is 0 Å². The van der Waals surface area contributed by atoms with Gasteiger partial charge in [-0.25, -0.2) is 5.43 Å². The number of benzene rings is 2. The van der Waals surface area contributed by atoms with Crippen molar-refractivity contribution in [3.63, 3.8) is 0 Å². The molecule has 0 saturated heterocycles. The lowest BCUT2D eigenvalue weighted by Crippen LogP contribution is -2.20. The van der Waals surface area contributed by atoms with Gasteiger partial charge in [-0.05, 0) is 60.2 Å². The van der Waals surface area contributed by atoms with Crippen LogP contribution >= 0.6 is 27.7 Å². The van der Waals surface area contributed by atoms with E-state index in [9.17, 15) is 9.59 Å². The highest BCUT2D eigenvalue weighted by atomic mass is 79.9. The second kappa shape index (κ2) is 12.3. The quantitative estimate of drug-likeness (QED) is 0.102. The van der Waals surface area contributed by atoms with Crippen LogP contribution in [0.25, 0.3) is 17.1 Å². The fourth-order valence-corrected chi connectivity index (χ4v) is 4.23. The summed E-state index contributed by atoms with van der Waals surface area (Å²) in [7, 11) is 1.47. The van der Waals surface area contributed by atoms with E-state index in [2.05, 4.69) is 41.6 Å². The van der Waals surface area contributed by atoms with Crippen LogP contribution in [0.4, 0.5) is 0 Å². The Labute approximate surface area is 225 Å². The van der Waals surface area contributed by atoms with Gasteiger partial charge < -0.3 is 9.47 Å². The van der Waals surface area contributed by atoms with Gasteiger partial charge in [0.2, 0.25) is 0 Å². The molecule has 0 radical (unpaired) electrons. The maximum absolute atomic E-state index is 12.5. The van der Waals surface area contributed by atoms with Gasteiger partial charge >= 0.3 is 5.97 Å². The summed E-state index contributed by atoms with van der Waals surface area (Å²) < 4.78 is 13.2. The Bertz CT molecular complexity index is 1430. The SMILES string of the molecule is COc1cc(C=NNC(=O)CSc2nnc(-c3ccncc3)n2-c2ccc(Br)cc2)ccc1OC(C)=O. The molecule has 0 aliphatic heterocycles. The summed E-state index contributed by atoms with van der Waals surface area (Å²) >= 11 is 4.69. The number of methoxy groups -OCH3 is 1. The molecule has 0 aliphatic rings. The molecule has 4 aromatic rings. The highest BCUT2D eigenvalue weighted by molar-refractivity contribution is 9.10. The van der Waals surface area contributed by atoms with Crippen molar-refractivity contribution in [1.82, 2.24) is 25.2 Å². The molecule has 0 saturated carbocycles. The minimum atomic E-state index is -0.451. The summed E-state index contributed by atoms with van der Waals surface area (Å²) in [6.45, 7) is 1.31. The van der Waals surface area contributed by atoms with E-state index in [1.807, 2.05) is 41.0 Å². The van der Waals surface area contributed by atoms with Crippen LogP contribution in [0.5, 0.6) is 11.5 Å². The van der Waals surface area contributed by atoms with Crippen molar-refractivity contribution in [3.8, 4) is 28.6 Å². The molecule has 0 bridgehead atoms. The zero-order valence-corrected chi connectivity index (χ0v) is 22.2. The number of nitrogens with one attached hydrogen (secondary N) is 1. The molecule has 188 valence electrons. The van der Waals surface area contributed by atoms with Crippen LogP contribution in [0.1, 0.15) is 12.5 Å². The smallest absolute Gasteiger partial charge is 0.308 e. The summed E-state index contributed by atoms with van der Waals surface area (Å²) in [5, 5.41) is 13.2. The Morgan fingerprint density at radius 2 is 1.84 bits per heavy atom. The first kappa shape index (κ1) is 26.0. The average molecular weight is 581 g/mol. The van der Waals surface area contributed by atoms with Crippen molar-refractivity contribution in [2.75, 3.05) is 12.9 Å². The highest BCUT2D eigenvalue weighted by Crippen LogP contribution is 2.29. The number of carbonyl (C=O) groups excluding carboxylic acids is 2. The first-order valence-corrected chi connectivity index (χ1v) is 12.7. The molecule has 0 fully saturated rings. The number of aromatic nitrogens is 4. The van der Waals surface area contributed by atoms with Gasteiger partial charge in [-0.15, -0.1) is 10.2 Å². The van der Waals surface area contributed by atoms with Crippen molar-refractivity contribution in [2.45, 2.75) is 12.1 Å². The van der Waals surface area contributed by atoms with E-state index in [4.69, 9.17) is 9.47 Å². The highest BCUT2D eigenvalue weighted by Gasteiger charge is 2.17. The summed E-state index contributed by atoms with van der Waals surface area (Å²) in [5.41, 5.74) is 4.86. The molecule has 2 aromatic heterocycles. The molecular formula is C25H21BrN6O4S. The van der Waals surface area contributed by atoms with Crippen molar-refractivity contribution < 1.29 is 19.1 Å². The van der Waals surface area contributed by atoms with Gasteiger partial charge in [-0.1, -0.05) is 27.7 Å². The zero-order valence-electron chi connectivity index (χ0n) is 19.8. The molecule has 1 amide bonds. The van der Waals surface area contributed by atoms with Gasteiger partial charge in [-0.3, -0.25) is 19.1 Å². The van der Waals surface area contributed by atoms with Gasteiger partial charge in [0.15, 0.2) is 22.5 Å². The van der Waals surface area contributed by atoms with Crippen LogP contribution in [-0.2, 0) is 9.59 Å². The van der Waals surface area contributed by atoms with Crippen molar-refractivity contribution in [1.29, 1.82) is 0 Å². The maximum Gasteiger partial charge on any atom is 0.308 e. The van der Waals surface area contributed by atoms with E-state index >= 15 is 0 Å². The first-order valence-electron chi connectivity index (χ1n) is 10.9. The molecule has 2 heterocycles. The molecule has 0 aliphatic carbocycles. The fourth-order valence-electron chi connectivity index (χ4n) is 3.22. The predicted octanol–water partition coefficient (Wildman–Crippen LogP) is 4.27. The monoisotopic (exact) mass is 580 g/mol. The second-order valence-corrected chi connectivity index (χ2v) is 9.30. The number of esters is 1. The first-order chi connectivity index (χ1) is 17.9. The van der Waals surface area contributed by atoms with Crippen LogP contribution in [0.15, 0.2) is 81.7 Å². The number of amides is 1. The number of halogens is 1. The fraction of sp³-hybridized carbons (Fsp3) is 0.120. The number of hydrazone groups is 1. The molecule has 4 rings (SSSR count). The Morgan fingerprint density at radius 3 is 2.54 bits per heavy atom. The van der Waals surface area contributed by atoms with Crippen molar-refractivity contribution >= 4 is 45.8 Å². The molecule has 12 heteroatoms. The van der Waals surface area contributed by atoms with Crippen LogP contribution < -0.4 is 14.9 Å². The van der Waals surface area contributed by atoms with Gasteiger partial charge in [0.25, 0.3) is 5.91 Å². The number of pyridine rings is 1. The molecule has 0 unspecified atom stereocenters. The van der Waals surface area contributed by atoms with E-state index in [0.29, 0.717) is 28.0 Å². The minimum absolute atomic E-state index is 0.0665. The van der Waals surface area contributed by atoms with E-state index in [0.717, 1.165) is 15.7 Å². The van der Waals surface area contributed by atoms with Gasteiger partial charge in [-0.2, -0.15) is 5.10 Å². The Kier molecular flexibility index (Phi) is 8.64. The Balaban J connectivity index is 1.45. The number of nitrogens with zero attached hydrogens (tertiary/aromatic N) is 5. The summed E-state index contributed by atoms with van der Waals surface area (Å²) in [6, 6.07) is 16.4. The molecular weight excluding hydrogens is 560 g/mol. The van der Waals surface area contributed by atoms with E-state index in [1.54, 1.807) is 30.6 Å². The normalized spacial score (nSPS) is 10.9. The van der Waals surface area contributed by atoms with Crippen LogP contribution in [0, 0.1) is 0 Å². The predicted molar refractivity (Wildman–Crippen MR) is 143 cm³/mol. The van der Waals surface area contributed by atoms with Gasteiger partial charge in [0, 0.05) is 35.0 Å². The molecule has 37 heavy (non-hydrogen) atoms. The standard InChI is InChI=1S/C25H21BrN6O4S/c1-16(33)36-21-8-3-17(13-22(21)35-2)14-28-29-23(34)15-37-25-31-30-24(18-9-11-27-12-10-18)32(25)20-6-4-19(26)5-7-20/h3-14H,15H2,1-2H3,(H,29,34). The van der Waals surface area contributed by atoms with E-state index in [-0.39, 0.29) is 11.7 Å². The van der Waals surface area contributed by atoms with E-state index in [1.165, 1.54) is 32.0 Å². The number of rotatable bonds is 9. The number of hydrogen-bond acceptors (Lipinski definition) is 9. The molecule has 0 atom stereocenters. The third kappa shape index (κ3) is 6.80. The third-order valence-electron chi connectivity index (χ3n) is 4.83. The van der Waals surface area contributed by atoms with Gasteiger partial charge in [0.05, 0.1) is 19.1 Å². The van der Waals surface area contributed by atoms with E-state index < -0.39 is 5.97 Å². The lowest BCUT2D eigenvalue weighted by atomic mass is 10.2. The number of thioether (sulfide) groups is 1. The van der Waals surface area contributed by atoms with Crippen LogP contribution in [-0.4, -0.2) is 50.7 Å². The number of carbonyl (C=O) groups is 2. The molecule has 1 N–H and O–H groups in total. The van der Waals surface area contributed by atoms with Crippen molar-refractivity contribution in [2.24, 2.45) is 5.10 Å². The third-order valence-corrected chi connectivity index (χ3v) is 6.29. The number of hydrogen-bond donors (Lipinski definition) is 1. The second-order valence-electron chi connectivity index (χ2n) is 7.44. The topological polar surface area (TPSA) is 121 Å². The molecule has 2 aromatic carbocycles. The summed E-state index contributed by atoms with van der Waals surface area (Å²) in [5.74, 6) is 0.606. The summed E-state index contributed by atoms with van der Waals surface area (Å²) in [4.78, 5) is 27.7. The minimum Gasteiger partial charge on any atom is -0.493 e. The molecule has 10 nitrogen and oxygen atoms in total. The lowest BCUT2D eigenvalue weighted by molar-refractivity contribution is -0.132. The lowest BCUT2D eigenvalue weighted by Gasteiger charge is -2.10. The Morgan fingerprint density at radius 1 is 1.08 bits per heavy atom. The Hall–Kier alpha value is -4.03. The van der Waals surface area contributed by atoms with Crippen molar-refractivity contribution in [3.05, 3.63) is 77.0 Å². The summed E-state index contributed by atoms with van der Waals surface area (Å²) in [6.07, 6.45) is 4.84. The largest absolute Gasteiger partial charge is 0.493 e. The molecule has 0 spiro atoms. The zero-order chi connectivity index (χ0) is 26.2. The van der Waals surface area contributed by atoms with Crippen LogP contribution in [0.3, 0.4) is 0 Å².